The number of thioether (sulfide) groups is 1. The number of aromatic nitrogens is 1. The van der Waals surface area contributed by atoms with Crippen molar-refractivity contribution in [2.75, 3.05) is 24.6 Å². The zero-order valence-electron chi connectivity index (χ0n) is 10.8. The average Bonchev–Trinajstić information content (AvgIpc) is 2.83. The summed E-state index contributed by atoms with van der Waals surface area (Å²) >= 11 is 7.84. The number of hydrogen-bond donors (Lipinski definition) is 2. The molecule has 1 aromatic carbocycles. The monoisotopic (exact) mass is 310 g/mol. The molecule has 3 rings (SSSR count). The van der Waals surface area contributed by atoms with E-state index in [9.17, 15) is 9.90 Å². The summed E-state index contributed by atoms with van der Waals surface area (Å²) < 4.78 is 0. The largest absolute Gasteiger partial charge is 0.480 e. The predicted octanol–water partition coefficient (Wildman–Crippen LogP) is 3.00. The minimum absolute atomic E-state index is 0.592. The summed E-state index contributed by atoms with van der Waals surface area (Å²) in [6.45, 7) is 1.61. The first-order valence-electron chi connectivity index (χ1n) is 6.48. The van der Waals surface area contributed by atoms with Crippen molar-refractivity contribution < 1.29 is 9.90 Å². The number of halogens is 1. The average molecular weight is 311 g/mol. The molecule has 0 spiro atoms. The topological polar surface area (TPSA) is 56.3 Å². The highest BCUT2D eigenvalue weighted by molar-refractivity contribution is 7.99. The maximum absolute atomic E-state index is 11.7. The fourth-order valence-corrected chi connectivity index (χ4v) is 3.77. The van der Waals surface area contributed by atoms with Crippen LogP contribution in [0.5, 0.6) is 0 Å². The predicted molar refractivity (Wildman–Crippen MR) is 82.6 cm³/mol. The number of carbonyl (C=O) groups is 1. The lowest BCUT2D eigenvalue weighted by molar-refractivity contribution is -0.143. The Morgan fingerprint density at radius 3 is 2.85 bits per heavy atom. The van der Waals surface area contributed by atoms with E-state index in [0.717, 1.165) is 41.1 Å². The second-order valence-electron chi connectivity index (χ2n) is 4.82. The van der Waals surface area contributed by atoms with Crippen molar-refractivity contribution >= 4 is 40.2 Å². The highest BCUT2D eigenvalue weighted by Crippen LogP contribution is 2.31. The summed E-state index contributed by atoms with van der Waals surface area (Å²) in [6, 6.07) is 4.92. The molecule has 2 aromatic rings. The van der Waals surface area contributed by atoms with Crippen LogP contribution in [0, 0.1) is 0 Å². The van der Waals surface area contributed by atoms with Gasteiger partial charge < -0.3 is 10.1 Å². The van der Waals surface area contributed by atoms with Gasteiger partial charge in [-0.15, -0.1) is 0 Å². The third-order valence-electron chi connectivity index (χ3n) is 3.62. The molecule has 1 saturated heterocycles. The van der Waals surface area contributed by atoms with Crippen molar-refractivity contribution in [3.8, 4) is 0 Å². The molecule has 0 amide bonds. The molecule has 1 aliphatic rings. The standard InChI is InChI=1S/C14H15ClN2O2S/c15-9-1-2-10-11(8-16-12(10)7-9)13(14(18)19)17-3-5-20-6-4-17/h1-2,7-8,13,16H,3-6H2,(H,18,19). The SMILES string of the molecule is O=C(O)C(c1c[nH]c2cc(Cl)ccc12)N1CCSCC1. The van der Waals surface area contributed by atoms with Crippen LogP contribution < -0.4 is 0 Å². The number of aliphatic carboxylic acids is 1. The van der Waals surface area contributed by atoms with Gasteiger partial charge in [0.2, 0.25) is 0 Å². The van der Waals surface area contributed by atoms with Gasteiger partial charge in [0.25, 0.3) is 0 Å². The molecule has 106 valence electrons. The fraction of sp³-hybridized carbons (Fsp3) is 0.357. The normalized spacial score (nSPS) is 18.2. The highest BCUT2D eigenvalue weighted by Gasteiger charge is 2.30. The fourth-order valence-electron chi connectivity index (χ4n) is 2.67. The number of aromatic amines is 1. The number of hydrogen-bond acceptors (Lipinski definition) is 3. The Morgan fingerprint density at radius 2 is 2.15 bits per heavy atom. The summed E-state index contributed by atoms with van der Waals surface area (Å²) in [6.07, 6.45) is 1.79. The molecule has 1 aromatic heterocycles. The Labute approximate surface area is 126 Å². The van der Waals surface area contributed by atoms with Gasteiger partial charge in [-0.3, -0.25) is 9.69 Å². The van der Waals surface area contributed by atoms with Gasteiger partial charge >= 0.3 is 5.97 Å². The first kappa shape index (κ1) is 13.8. The molecule has 0 saturated carbocycles. The van der Waals surface area contributed by atoms with E-state index in [-0.39, 0.29) is 0 Å². The minimum atomic E-state index is -0.798. The Kier molecular flexibility index (Phi) is 3.92. The van der Waals surface area contributed by atoms with Crippen molar-refractivity contribution in [3.63, 3.8) is 0 Å². The van der Waals surface area contributed by atoms with Gasteiger partial charge in [-0.05, 0) is 12.1 Å². The molecule has 20 heavy (non-hydrogen) atoms. The maximum Gasteiger partial charge on any atom is 0.325 e. The molecule has 1 fully saturated rings. The molecule has 1 aliphatic heterocycles. The van der Waals surface area contributed by atoms with Crippen LogP contribution in [0.1, 0.15) is 11.6 Å². The van der Waals surface area contributed by atoms with Gasteiger partial charge in [0.05, 0.1) is 0 Å². The minimum Gasteiger partial charge on any atom is -0.480 e. The van der Waals surface area contributed by atoms with Crippen LogP contribution >= 0.6 is 23.4 Å². The van der Waals surface area contributed by atoms with Crippen molar-refractivity contribution in [1.29, 1.82) is 0 Å². The lowest BCUT2D eigenvalue weighted by Crippen LogP contribution is -2.39. The number of H-pyrrole nitrogens is 1. The Balaban J connectivity index is 2.02. The van der Waals surface area contributed by atoms with Crippen molar-refractivity contribution in [2.24, 2.45) is 0 Å². The van der Waals surface area contributed by atoms with Crippen LogP contribution in [0.2, 0.25) is 5.02 Å². The summed E-state index contributed by atoms with van der Waals surface area (Å²) in [5, 5.41) is 11.2. The van der Waals surface area contributed by atoms with Crippen molar-refractivity contribution in [2.45, 2.75) is 6.04 Å². The lowest BCUT2D eigenvalue weighted by Gasteiger charge is -2.31. The molecular formula is C14H15ClN2O2S. The molecule has 1 unspecified atom stereocenters. The molecule has 4 nitrogen and oxygen atoms in total. The first-order valence-corrected chi connectivity index (χ1v) is 8.01. The number of nitrogens with one attached hydrogen (secondary N) is 1. The summed E-state index contributed by atoms with van der Waals surface area (Å²) in [5.74, 6) is 1.17. The molecule has 2 heterocycles. The van der Waals surface area contributed by atoms with Crippen LogP contribution in [-0.2, 0) is 4.79 Å². The summed E-state index contributed by atoms with van der Waals surface area (Å²) in [5.41, 5.74) is 1.70. The van der Waals surface area contributed by atoms with E-state index >= 15 is 0 Å². The first-order chi connectivity index (χ1) is 9.66. The molecule has 0 aliphatic carbocycles. The van der Waals surface area contributed by atoms with Crippen LogP contribution in [0.3, 0.4) is 0 Å². The number of carboxylic acids is 1. The lowest BCUT2D eigenvalue weighted by atomic mass is 10.0. The molecule has 1 atom stereocenters. The van der Waals surface area contributed by atoms with Gasteiger partial charge in [-0.25, -0.2) is 0 Å². The third kappa shape index (κ3) is 2.53. The summed E-state index contributed by atoms with van der Waals surface area (Å²) in [7, 11) is 0. The Morgan fingerprint density at radius 1 is 1.40 bits per heavy atom. The van der Waals surface area contributed by atoms with Gasteiger partial charge in [-0.1, -0.05) is 17.7 Å². The van der Waals surface area contributed by atoms with Crippen molar-refractivity contribution in [1.82, 2.24) is 9.88 Å². The zero-order valence-corrected chi connectivity index (χ0v) is 12.4. The zero-order chi connectivity index (χ0) is 14.1. The number of nitrogens with zero attached hydrogens (tertiary/aromatic N) is 1. The van der Waals surface area contributed by atoms with E-state index in [4.69, 9.17) is 11.6 Å². The molecule has 0 bridgehead atoms. The molecule has 6 heteroatoms. The highest BCUT2D eigenvalue weighted by atomic mass is 35.5. The Bertz CT molecular complexity index is 637. The van der Waals surface area contributed by atoms with E-state index in [1.54, 1.807) is 12.3 Å². The maximum atomic E-state index is 11.7. The van der Waals surface area contributed by atoms with Gasteiger partial charge in [0.1, 0.15) is 6.04 Å². The molecule has 0 radical (unpaired) electrons. The number of fused-ring (bicyclic) bond motifs is 1. The van der Waals surface area contributed by atoms with E-state index in [2.05, 4.69) is 4.98 Å². The van der Waals surface area contributed by atoms with Crippen molar-refractivity contribution in [3.05, 3.63) is 35.0 Å². The number of benzene rings is 1. The van der Waals surface area contributed by atoms with Crippen LogP contribution in [0.15, 0.2) is 24.4 Å². The van der Waals surface area contributed by atoms with Gasteiger partial charge in [0.15, 0.2) is 0 Å². The number of rotatable bonds is 3. The molecular weight excluding hydrogens is 296 g/mol. The van der Waals surface area contributed by atoms with E-state index in [0.29, 0.717) is 5.02 Å². The summed E-state index contributed by atoms with van der Waals surface area (Å²) in [4.78, 5) is 16.9. The van der Waals surface area contributed by atoms with Gasteiger partial charge in [0, 0.05) is 52.3 Å². The Hall–Kier alpha value is -1.17. The quantitative estimate of drug-likeness (QED) is 0.915. The van der Waals surface area contributed by atoms with Crippen LogP contribution in [-0.4, -0.2) is 45.6 Å². The van der Waals surface area contributed by atoms with E-state index < -0.39 is 12.0 Å². The van der Waals surface area contributed by atoms with Crippen LogP contribution in [0.25, 0.3) is 10.9 Å². The van der Waals surface area contributed by atoms with Gasteiger partial charge in [-0.2, -0.15) is 11.8 Å². The van der Waals surface area contributed by atoms with Crippen LogP contribution in [0.4, 0.5) is 0 Å². The second kappa shape index (κ2) is 5.68. The third-order valence-corrected chi connectivity index (χ3v) is 4.79. The number of carboxylic acid groups (broad SMARTS) is 1. The smallest absolute Gasteiger partial charge is 0.325 e. The van der Waals surface area contributed by atoms with E-state index in [1.165, 1.54) is 0 Å². The molecule has 2 N–H and O–H groups in total. The second-order valence-corrected chi connectivity index (χ2v) is 6.48. The van der Waals surface area contributed by atoms with E-state index in [1.807, 2.05) is 28.8 Å².